The third kappa shape index (κ3) is 4.62. The van der Waals surface area contributed by atoms with Crippen molar-refractivity contribution in [1.29, 1.82) is 0 Å². The van der Waals surface area contributed by atoms with Gasteiger partial charge in [0.1, 0.15) is 0 Å². The molecular weight excluding hydrogens is 330 g/mol. The van der Waals surface area contributed by atoms with Crippen molar-refractivity contribution < 1.29 is 9.47 Å². The van der Waals surface area contributed by atoms with E-state index in [-0.39, 0.29) is 0 Å². The van der Waals surface area contributed by atoms with Gasteiger partial charge in [-0.2, -0.15) is 0 Å². The summed E-state index contributed by atoms with van der Waals surface area (Å²) in [7, 11) is 0. The van der Waals surface area contributed by atoms with Gasteiger partial charge in [-0.15, -0.1) is 0 Å². The maximum atomic E-state index is 5.83. The summed E-state index contributed by atoms with van der Waals surface area (Å²) in [5, 5.41) is 3.66. The highest BCUT2D eigenvalue weighted by Gasteiger charge is 2.19. The first-order chi connectivity index (χ1) is 10.3. The average Bonchev–Trinajstić information content (AvgIpc) is 2.72. The second kappa shape index (κ2) is 8.64. The maximum absolute atomic E-state index is 5.83. The first-order valence-corrected chi connectivity index (χ1v) is 8.88. The highest BCUT2D eigenvalue weighted by molar-refractivity contribution is 9.10. The molecule has 0 aliphatic carbocycles. The summed E-state index contributed by atoms with van der Waals surface area (Å²) in [4.78, 5) is 0. The van der Waals surface area contributed by atoms with Crippen molar-refractivity contribution in [2.75, 3.05) is 19.8 Å². The van der Waals surface area contributed by atoms with E-state index in [9.17, 15) is 0 Å². The van der Waals surface area contributed by atoms with Crippen LogP contribution in [0.2, 0.25) is 0 Å². The molecule has 0 spiro atoms. The molecular formula is C17H26BrNO2. The monoisotopic (exact) mass is 355 g/mol. The number of ether oxygens (including phenoxy) is 2. The normalized spacial score (nSPS) is 15.6. The smallest absolute Gasteiger partial charge is 0.162 e. The zero-order valence-electron chi connectivity index (χ0n) is 13.1. The second-order valence-electron chi connectivity index (χ2n) is 5.52. The third-order valence-corrected chi connectivity index (χ3v) is 4.42. The molecule has 21 heavy (non-hydrogen) atoms. The molecule has 0 fully saturated rings. The first-order valence-electron chi connectivity index (χ1n) is 8.08. The Morgan fingerprint density at radius 1 is 1.14 bits per heavy atom. The van der Waals surface area contributed by atoms with Crippen LogP contribution in [0.3, 0.4) is 0 Å². The van der Waals surface area contributed by atoms with E-state index in [1.807, 2.05) is 0 Å². The quantitative estimate of drug-likeness (QED) is 0.758. The van der Waals surface area contributed by atoms with Gasteiger partial charge in [0.15, 0.2) is 11.5 Å². The summed E-state index contributed by atoms with van der Waals surface area (Å²) in [5.41, 5.74) is 1.28. The van der Waals surface area contributed by atoms with Gasteiger partial charge in [-0.25, -0.2) is 0 Å². The van der Waals surface area contributed by atoms with E-state index in [2.05, 4.69) is 47.2 Å². The minimum absolute atomic E-state index is 0.372. The number of fused-ring (bicyclic) bond motifs is 1. The van der Waals surface area contributed by atoms with Crippen molar-refractivity contribution in [1.82, 2.24) is 5.32 Å². The summed E-state index contributed by atoms with van der Waals surface area (Å²) in [6, 6.07) is 4.58. The number of benzene rings is 1. The predicted molar refractivity (Wildman–Crippen MR) is 90.3 cm³/mol. The van der Waals surface area contributed by atoms with Crippen molar-refractivity contribution in [3.63, 3.8) is 0 Å². The number of nitrogens with one attached hydrogen (secondary N) is 1. The minimum Gasteiger partial charge on any atom is -0.490 e. The lowest BCUT2D eigenvalue weighted by molar-refractivity contribution is 0.297. The largest absolute Gasteiger partial charge is 0.490 e. The molecule has 1 heterocycles. The molecule has 0 saturated heterocycles. The van der Waals surface area contributed by atoms with Gasteiger partial charge in [-0.3, -0.25) is 0 Å². The van der Waals surface area contributed by atoms with Gasteiger partial charge >= 0.3 is 0 Å². The summed E-state index contributed by atoms with van der Waals surface area (Å²) in [6.45, 7) is 6.93. The molecule has 1 aromatic carbocycles. The molecule has 2 rings (SSSR count). The molecule has 1 aliphatic heterocycles. The van der Waals surface area contributed by atoms with E-state index in [0.29, 0.717) is 6.04 Å². The molecule has 1 N–H and O–H groups in total. The molecule has 0 amide bonds. The molecule has 3 nitrogen and oxygen atoms in total. The summed E-state index contributed by atoms with van der Waals surface area (Å²) in [6.07, 6.45) is 5.67. The molecule has 118 valence electrons. The fourth-order valence-corrected chi connectivity index (χ4v) is 3.16. The van der Waals surface area contributed by atoms with Crippen molar-refractivity contribution in [3.8, 4) is 11.5 Å². The molecule has 0 radical (unpaired) electrons. The Hall–Kier alpha value is -0.740. The number of hydrogen-bond donors (Lipinski definition) is 1. The second-order valence-corrected chi connectivity index (χ2v) is 6.37. The fourth-order valence-electron chi connectivity index (χ4n) is 2.56. The van der Waals surface area contributed by atoms with E-state index in [0.717, 1.165) is 55.0 Å². The first kappa shape index (κ1) is 16.6. The van der Waals surface area contributed by atoms with Crippen LogP contribution in [-0.4, -0.2) is 19.8 Å². The van der Waals surface area contributed by atoms with Crippen molar-refractivity contribution in [2.24, 2.45) is 0 Å². The molecule has 1 aliphatic rings. The van der Waals surface area contributed by atoms with Crippen LogP contribution in [0.1, 0.15) is 57.6 Å². The molecule has 1 unspecified atom stereocenters. The topological polar surface area (TPSA) is 30.5 Å². The van der Waals surface area contributed by atoms with Crippen LogP contribution in [0, 0.1) is 0 Å². The molecule has 0 saturated carbocycles. The lowest BCUT2D eigenvalue weighted by Gasteiger charge is -2.21. The van der Waals surface area contributed by atoms with Gasteiger partial charge in [0.05, 0.1) is 13.2 Å². The lowest BCUT2D eigenvalue weighted by Crippen LogP contribution is -2.22. The van der Waals surface area contributed by atoms with Crippen LogP contribution in [0.15, 0.2) is 16.6 Å². The van der Waals surface area contributed by atoms with Crippen LogP contribution < -0.4 is 14.8 Å². The number of unbranched alkanes of at least 4 members (excludes halogenated alkanes) is 1. The Bertz CT molecular complexity index is 443. The minimum atomic E-state index is 0.372. The van der Waals surface area contributed by atoms with E-state index in [1.165, 1.54) is 18.4 Å². The fraction of sp³-hybridized carbons (Fsp3) is 0.647. The van der Waals surface area contributed by atoms with Crippen LogP contribution in [0.4, 0.5) is 0 Å². The number of rotatable bonds is 7. The Kier molecular flexibility index (Phi) is 6.84. The van der Waals surface area contributed by atoms with Gasteiger partial charge in [-0.1, -0.05) is 42.6 Å². The zero-order valence-corrected chi connectivity index (χ0v) is 14.7. The average molecular weight is 356 g/mol. The van der Waals surface area contributed by atoms with Crippen LogP contribution >= 0.6 is 15.9 Å². The van der Waals surface area contributed by atoms with Gasteiger partial charge in [0.2, 0.25) is 0 Å². The van der Waals surface area contributed by atoms with E-state index >= 15 is 0 Å². The van der Waals surface area contributed by atoms with Crippen molar-refractivity contribution in [2.45, 2.75) is 52.0 Å². The Morgan fingerprint density at radius 3 is 2.52 bits per heavy atom. The molecule has 0 aromatic heterocycles. The highest BCUT2D eigenvalue weighted by atomic mass is 79.9. The summed E-state index contributed by atoms with van der Waals surface area (Å²) >= 11 is 3.71. The van der Waals surface area contributed by atoms with E-state index < -0.39 is 0 Å². The predicted octanol–water partition coefficient (Wildman–Crippen LogP) is 4.84. The van der Waals surface area contributed by atoms with Gasteiger partial charge in [-0.05, 0) is 37.1 Å². The maximum Gasteiger partial charge on any atom is 0.162 e. The molecule has 1 aromatic rings. The van der Waals surface area contributed by atoms with Crippen molar-refractivity contribution in [3.05, 3.63) is 22.2 Å². The zero-order chi connectivity index (χ0) is 15.1. The van der Waals surface area contributed by atoms with Gasteiger partial charge in [0.25, 0.3) is 0 Å². The number of halogens is 1. The lowest BCUT2D eigenvalue weighted by atomic mass is 10.0. The summed E-state index contributed by atoms with van der Waals surface area (Å²) < 4.78 is 12.7. The van der Waals surface area contributed by atoms with Crippen molar-refractivity contribution >= 4 is 15.9 Å². The third-order valence-electron chi connectivity index (χ3n) is 3.73. The molecule has 1 atom stereocenters. The van der Waals surface area contributed by atoms with Gasteiger partial charge < -0.3 is 14.8 Å². The van der Waals surface area contributed by atoms with E-state index in [4.69, 9.17) is 9.47 Å². The van der Waals surface area contributed by atoms with Crippen LogP contribution in [0.5, 0.6) is 11.5 Å². The highest BCUT2D eigenvalue weighted by Crippen LogP contribution is 2.38. The van der Waals surface area contributed by atoms with Crippen LogP contribution in [0.25, 0.3) is 0 Å². The Labute approximate surface area is 136 Å². The SMILES string of the molecule is CCCCC(NCCC)c1cc2c(cc1Br)OCCCO2. The summed E-state index contributed by atoms with van der Waals surface area (Å²) in [5.74, 6) is 1.73. The standard InChI is InChI=1S/C17H26BrNO2/c1-3-5-7-15(19-8-4-2)13-11-16-17(12-14(13)18)21-10-6-9-20-16/h11-12,15,19H,3-10H2,1-2H3. The van der Waals surface area contributed by atoms with Crippen LogP contribution in [-0.2, 0) is 0 Å². The Balaban J connectivity index is 2.23. The number of hydrogen-bond acceptors (Lipinski definition) is 3. The molecule has 0 bridgehead atoms. The van der Waals surface area contributed by atoms with E-state index in [1.54, 1.807) is 0 Å². The Morgan fingerprint density at radius 2 is 1.86 bits per heavy atom. The van der Waals surface area contributed by atoms with Gasteiger partial charge in [0, 0.05) is 16.9 Å². The molecule has 4 heteroatoms.